The van der Waals surface area contributed by atoms with Crippen molar-refractivity contribution in [2.24, 2.45) is 5.73 Å². The minimum absolute atomic E-state index is 0.0332. The lowest BCUT2D eigenvalue weighted by Gasteiger charge is -2.07. The molecule has 0 aliphatic heterocycles. The molecular weight excluding hydrogens is 226 g/mol. The van der Waals surface area contributed by atoms with Crippen LogP contribution >= 0.6 is 0 Å². The van der Waals surface area contributed by atoms with E-state index in [2.05, 4.69) is 10.1 Å². The molecule has 0 spiro atoms. The van der Waals surface area contributed by atoms with Gasteiger partial charge < -0.3 is 5.73 Å². The van der Waals surface area contributed by atoms with Crippen molar-refractivity contribution in [3.05, 3.63) is 41.3 Å². The second-order valence-electron chi connectivity index (χ2n) is 3.66. The van der Waals surface area contributed by atoms with Crippen LogP contribution in [-0.2, 0) is 6.54 Å². The number of aromatic nitrogens is 3. The monoisotopic (exact) mass is 238 g/mol. The average molecular weight is 238 g/mol. The van der Waals surface area contributed by atoms with E-state index >= 15 is 0 Å². The summed E-state index contributed by atoms with van der Waals surface area (Å²) in [4.78, 5) is 4.03. The van der Waals surface area contributed by atoms with Crippen molar-refractivity contribution in [2.45, 2.75) is 19.9 Å². The van der Waals surface area contributed by atoms with Crippen LogP contribution < -0.4 is 5.73 Å². The normalized spacial score (nSPS) is 11.1. The molecule has 4 nitrogen and oxygen atoms in total. The van der Waals surface area contributed by atoms with Crippen LogP contribution in [0.1, 0.15) is 23.2 Å². The van der Waals surface area contributed by atoms with Gasteiger partial charge in [-0.2, -0.15) is 5.10 Å². The third-order valence-electron chi connectivity index (χ3n) is 2.43. The quantitative estimate of drug-likeness (QED) is 0.889. The first-order valence-electron chi connectivity index (χ1n) is 5.11. The van der Waals surface area contributed by atoms with Gasteiger partial charge in [-0.15, -0.1) is 0 Å². The van der Waals surface area contributed by atoms with Gasteiger partial charge in [0.25, 0.3) is 6.43 Å². The van der Waals surface area contributed by atoms with Crippen molar-refractivity contribution >= 4 is 0 Å². The minimum atomic E-state index is -2.63. The summed E-state index contributed by atoms with van der Waals surface area (Å²) < 4.78 is 27.0. The molecule has 0 saturated heterocycles. The molecule has 2 rings (SSSR count). The Labute approximate surface area is 97.1 Å². The number of rotatable bonds is 3. The van der Waals surface area contributed by atoms with Gasteiger partial charge in [-0.3, -0.25) is 0 Å². The lowest BCUT2D eigenvalue weighted by molar-refractivity contribution is 0.141. The van der Waals surface area contributed by atoms with E-state index in [-0.39, 0.29) is 12.2 Å². The maximum atomic E-state index is 13.0. The predicted molar refractivity (Wildman–Crippen MR) is 58.9 cm³/mol. The van der Waals surface area contributed by atoms with E-state index in [1.807, 2.05) is 6.92 Å². The van der Waals surface area contributed by atoms with E-state index in [9.17, 15) is 8.78 Å². The molecule has 0 aromatic carbocycles. The zero-order valence-corrected chi connectivity index (χ0v) is 9.27. The first kappa shape index (κ1) is 11.7. The van der Waals surface area contributed by atoms with Crippen molar-refractivity contribution in [3.8, 4) is 5.82 Å². The molecule has 2 heterocycles. The van der Waals surface area contributed by atoms with Gasteiger partial charge in [0, 0.05) is 18.3 Å². The summed E-state index contributed by atoms with van der Waals surface area (Å²) >= 11 is 0. The minimum Gasteiger partial charge on any atom is -0.326 e. The first-order chi connectivity index (χ1) is 8.13. The van der Waals surface area contributed by atoms with Crippen molar-refractivity contribution < 1.29 is 8.78 Å². The van der Waals surface area contributed by atoms with Gasteiger partial charge in [0.1, 0.15) is 5.69 Å². The second kappa shape index (κ2) is 4.58. The summed E-state index contributed by atoms with van der Waals surface area (Å²) in [6, 6.07) is 3.48. The molecule has 0 fully saturated rings. The van der Waals surface area contributed by atoms with Crippen LogP contribution in [0.5, 0.6) is 0 Å². The lowest BCUT2D eigenvalue weighted by atomic mass is 10.2. The molecule has 0 saturated carbocycles. The molecule has 0 unspecified atom stereocenters. The van der Waals surface area contributed by atoms with Gasteiger partial charge in [0.05, 0.1) is 6.20 Å². The van der Waals surface area contributed by atoms with E-state index in [1.54, 1.807) is 18.3 Å². The molecule has 17 heavy (non-hydrogen) atoms. The van der Waals surface area contributed by atoms with Crippen LogP contribution in [0, 0.1) is 6.92 Å². The Balaban J connectivity index is 2.56. The molecule has 0 atom stereocenters. The number of hydrogen-bond acceptors (Lipinski definition) is 3. The number of pyridine rings is 1. The number of halogens is 2. The topological polar surface area (TPSA) is 56.7 Å². The average Bonchev–Trinajstić information content (AvgIpc) is 2.72. The number of nitrogens with zero attached hydrogens (tertiary/aromatic N) is 3. The van der Waals surface area contributed by atoms with Crippen LogP contribution in [0.15, 0.2) is 24.5 Å². The van der Waals surface area contributed by atoms with E-state index in [0.29, 0.717) is 11.4 Å². The summed E-state index contributed by atoms with van der Waals surface area (Å²) in [5.74, 6) is 0.375. The molecule has 2 aromatic rings. The Kier molecular flexibility index (Phi) is 3.14. The Morgan fingerprint density at radius 2 is 2.24 bits per heavy atom. The number of hydrogen-bond donors (Lipinski definition) is 1. The SMILES string of the molecule is Cc1ccnc(-n2ncc(CN)c2C(F)F)c1. The fourth-order valence-electron chi connectivity index (χ4n) is 1.60. The van der Waals surface area contributed by atoms with Gasteiger partial charge in [0.2, 0.25) is 0 Å². The fourth-order valence-corrected chi connectivity index (χ4v) is 1.60. The van der Waals surface area contributed by atoms with Crippen LogP contribution in [0.2, 0.25) is 0 Å². The predicted octanol–water partition coefficient (Wildman–Crippen LogP) is 1.97. The van der Waals surface area contributed by atoms with Crippen LogP contribution in [0.3, 0.4) is 0 Å². The summed E-state index contributed by atoms with van der Waals surface area (Å²) in [5.41, 5.74) is 6.48. The van der Waals surface area contributed by atoms with Gasteiger partial charge in [0.15, 0.2) is 5.82 Å². The molecular formula is C11H12F2N4. The smallest absolute Gasteiger partial charge is 0.280 e. The molecule has 0 aliphatic rings. The standard InChI is InChI=1S/C11H12F2N4/c1-7-2-3-15-9(4-7)17-10(11(12)13)8(5-14)6-16-17/h2-4,6,11H,5,14H2,1H3. The zero-order chi connectivity index (χ0) is 12.4. The van der Waals surface area contributed by atoms with Crippen LogP contribution in [0.25, 0.3) is 5.82 Å². The highest BCUT2D eigenvalue weighted by atomic mass is 19.3. The highest BCUT2D eigenvalue weighted by Gasteiger charge is 2.20. The first-order valence-corrected chi connectivity index (χ1v) is 5.11. The molecule has 0 radical (unpaired) electrons. The Morgan fingerprint density at radius 3 is 2.82 bits per heavy atom. The number of aryl methyl sites for hydroxylation is 1. The van der Waals surface area contributed by atoms with Gasteiger partial charge >= 0.3 is 0 Å². The molecule has 90 valence electrons. The highest BCUT2D eigenvalue weighted by Crippen LogP contribution is 2.24. The molecule has 6 heteroatoms. The Hall–Kier alpha value is -1.82. The summed E-state index contributed by atoms with van der Waals surface area (Å²) in [5, 5.41) is 3.91. The lowest BCUT2D eigenvalue weighted by Crippen LogP contribution is -2.08. The van der Waals surface area contributed by atoms with Crippen molar-refractivity contribution in [1.82, 2.24) is 14.8 Å². The Bertz CT molecular complexity index is 522. The van der Waals surface area contributed by atoms with Crippen LogP contribution in [0.4, 0.5) is 8.78 Å². The number of nitrogens with two attached hydrogens (primary N) is 1. The molecule has 0 amide bonds. The van der Waals surface area contributed by atoms with Crippen molar-refractivity contribution in [2.75, 3.05) is 0 Å². The molecule has 2 N–H and O–H groups in total. The van der Waals surface area contributed by atoms with Gasteiger partial charge in [-0.25, -0.2) is 18.4 Å². The summed E-state index contributed by atoms with van der Waals surface area (Å²) in [6.45, 7) is 1.89. The largest absolute Gasteiger partial charge is 0.326 e. The maximum Gasteiger partial charge on any atom is 0.280 e. The molecule has 0 aliphatic carbocycles. The number of alkyl halides is 2. The van der Waals surface area contributed by atoms with Crippen LogP contribution in [-0.4, -0.2) is 14.8 Å². The second-order valence-corrected chi connectivity index (χ2v) is 3.66. The molecule has 2 aromatic heterocycles. The third-order valence-corrected chi connectivity index (χ3v) is 2.43. The van der Waals surface area contributed by atoms with E-state index in [1.165, 1.54) is 6.20 Å². The van der Waals surface area contributed by atoms with Gasteiger partial charge in [-0.05, 0) is 24.6 Å². The van der Waals surface area contributed by atoms with E-state index < -0.39 is 6.43 Å². The van der Waals surface area contributed by atoms with Crippen molar-refractivity contribution in [3.63, 3.8) is 0 Å². The maximum absolute atomic E-state index is 13.0. The van der Waals surface area contributed by atoms with E-state index in [4.69, 9.17) is 5.73 Å². The Morgan fingerprint density at radius 1 is 1.47 bits per heavy atom. The third kappa shape index (κ3) is 2.16. The van der Waals surface area contributed by atoms with Gasteiger partial charge in [-0.1, -0.05) is 0 Å². The fraction of sp³-hybridized carbons (Fsp3) is 0.273. The van der Waals surface area contributed by atoms with E-state index in [0.717, 1.165) is 10.2 Å². The highest BCUT2D eigenvalue weighted by molar-refractivity contribution is 5.32. The summed E-state index contributed by atoms with van der Waals surface area (Å²) in [7, 11) is 0. The van der Waals surface area contributed by atoms with Crippen molar-refractivity contribution in [1.29, 1.82) is 0 Å². The molecule has 0 bridgehead atoms. The zero-order valence-electron chi connectivity index (χ0n) is 9.27. The summed E-state index contributed by atoms with van der Waals surface area (Å²) in [6.07, 6.45) is 0.285.